The number of fused-ring (bicyclic) bond motifs is 1. The van der Waals surface area contributed by atoms with Gasteiger partial charge in [-0.05, 0) is 19.1 Å². The Balaban J connectivity index is 2.05. The second-order valence-corrected chi connectivity index (χ2v) is 4.40. The first-order valence-electron chi connectivity index (χ1n) is 6.34. The molecule has 98 valence electrons. The normalized spacial score (nSPS) is 13.3. The average molecular weight is 257 g/mol. The van der Waals surface area contributed by atoms with Crippen LogP contribution in [0, 0.1) is 0 Å². The molecule has 0 saturated carbocycles. The molecule has 2 aromatic rings. The van der Waals surface area contributed by atoms with Gasteiger partial charge in [0.05, 0.1) is 17.9 Å². The molecule has 0 aliphatic carbocycles. The molecule has 1 aliphatic rings. The smallest absolute Gasteiger partial charge is 0.255 e. The van der Waals surface area contributed by atoms with E-state index < -0.39 is 0 Å². The number of nitrogens with one attached hydrogen (secondary N) is 2. The molecule has 0 saturated heterocycles. The number of rotatable bonds is 3. The maximum atomic E-state index is 11.9. The number of benzene rings is 1. The van der Waals surface area contributed by atoms with Crippen LogP contribution in [0.4, 0.5) is 0 Å². The third-order valence-electron chi connectivity index (χ3n) is 3.11. The minimum Gasteiger partial charge on any atom is -0.494 e. The van der Waals surface area contributed by atoms with Crippen molar-refractivity contribution >= 4 is 0 Å². The Morgan fingerprint density at radius 1 is 1.37 bits per heavy atom. The Labute approximate surface area is 110 Å². The lowest BCUT2D eigenvalue weighted by atomic mass is 10.2. The summed E-state index contributed by atoms with van der Waals surface area (Å²) in [7, 11) is 0. The molecule has 0 bridgehead atoms. The summed E-state index contributed by atoms with van der Waals surface area (Å²) in [5.74, 6) is 1.37. The van der Waals surface area contributed by atoms with Gasteiger partial charge in [0.2, 0.25) is 0 Å². The monoisotopic (exact) mass is 257 g/mol. The Kier molecular flexibility index (Phi) is 3.05. The van der Waals surface area contributed by atoms with Gasteiger partial charge in [0.15, 0.2) is 0 Å². The van der Waals surface area contributed by atoms with Gasteiger partial charge in [-0.3, -0.25) is 4.79 Å². The predicted molar refractivity (Wildman–Crippen MR) is 72.0 cm³/mol. The topological polar surface area (TPSA) is 67.0 Å². The summed E-state index contributed by atoms with van der Waals surface area (Å²) in [6, 6.07) is 7.58. The number of nitrogens with zero attached hydrogens (tertiary/aromatic N) is 1. The van der Waals surface area contributed by atoms with Crippen molar-refractivity contribution in [2.45, 2.75) is 20.0 Å². The maximum absolute atomic E-state index is 11.9. The average Bonchev–Trinajstić information content (AvgIpc) is 2.88. The molecule has 0 radical (unpaired) electrons. The lowest BCUT2D eigenvalue weighted by Gasteiger charge is -2.06. The molecule has 1 aromatic carbocycles. The van der Waals surface area contributed by atoms with E-state index >= 15 is 0 Å². The molecule has 2 heterocycles. The van der Waals surface area contributed by atoms with Crippen LogP contribution in [0.5, 0.6) is 5.75 Å². The molecule has 5 nitrogen and oxygen atoms in total. The highest BCUT2D eigenvalue weighted by atomic mass is 16.5. The zero-order valence-electron chi connectivity index (χ0n) is 10.7. The van der Waals surface area contributed by atoms with E-state index in [1.165, 1.54) is 0 Å². The molecule has 0 amide bonds. The van der Waals surface area contributed by atoms with E-state index in [4.69, 9.17) is 4.74 Å². The number of hydrogen-bond acceptors (Lipinski definition) is 4. The van der Waals surface area contributed by atoms with Gasteiger partial charge in [-0.25, -0.2) is 4.98 Å². The summed E-state index contributed by atoms with van der Waals surface area (Å²) in [5, 5.41) is 3.13. The summed E-state index contributed by atoms with van der Waals surface area (Å²) < 4.78 is 5.46. The molecule has 1 aromatic heterocycles. The van der Waals surface area contributed by atoms with Crippen LogP contribution in [0.15, 0.2) is 29.1 Å². The first kappa shape index (κ1) is 11.9. The SMILES string of the molecule is CCOc1cccc(-c2nc3c(c(=O)[nH]2)CNC3)c1. The van der Waals surface area contributed by atoms with E-state index in [-0.39, 0.29) is 5.56 Å². The van der Waals surface area contributed by atoms with Crippen LogP contribution in [0.3, 0.4) is 0 Å². The molecule has 0 unspecified atom stereocenters. The molecule has 2 N–H and O–H groups in total. The highest BCUT2D eigenvalue weighted by Crippen LogP contribution is 2.21. The van der Waals surface area contributed by atoms with Gasteiger partial charge in [0, 0.05) is 18.7 Å². The van der Waals surface area contributed by atoms with Crippen molar-refractivity contribution in [2.75, 3.05) is 6.61 Å². The van der Waals surface area contributed by atoms with E-state index in [0.717, 1.165) is 22.6 Å². The Bertz CT molecular complexity index is 664. The van der Waals surface area contributed by atoms with Gasteiger partial charge in [0.25, 0.3) is 5.56 Å². The number of hydrogen-bond donors (Lipinski definition) is 2. The van der Waals surface area contributed by atoms with Gasteiger partial charge in [-0.2, -0.15) is 0 Å². The number of aromatic amines is 1. The van der Waals surface area contributed by atoms with Crippen molar-refractivity contribution in [3.63, 3.8) is 0 Å². The van der Waals surface area contributed by atoms with Crippen LogP contribution in [-0.4, -0.2) is 16.6 Å². The molecule has 19 heavy (non-hydrogen) atoms. The summed E-state index contributed by atoms with van der Waals surface area (Å²) in [6.07, 6.45) is 0. The van der Waals surface area contributed by atoms with Crippen LogP contribution < -0.4 is 15.6 Å². The lowest BCUT2D eigenvalue weighted by molar-refractivity contribution is 0.340. The van der Waals surface area contributed by atoms with Gasteiger partial charge < -0.3 is 15.0 Å². The summed E-state index contributed by atoms with van der Waals surface area (Å²) in [4.78, 5) is 19.3. The second-order valence-electron chi connectivity index (χ2n) is 4.40. The molecular weight excluding hydrogens is 242 g/mol. The summed E-state index contributed by atoms with van der Waals surface area (Å²) >= 11 is 0. The largest absolute Gasteiger partial charge is 0.494 e. The van der Waals surface area contributed by atoms with Crippen LogP contribution in [-0.2, 0) is 13.1 Å². The quantitative estimate of drug-likeness (QED) is 0.873. The third-order valence-corrected chi connectivity index (χ3v) is 3.11. The predicted octanol–water partition coefficient (Wildman–Crippen LogP) is 1.44. The fourth-order valence-electron chi connectivity index (χ4n) is 2.22. The molecule has 1 aliphatic heterocycles. The third kappa shape index (κ3) is 2.24. The highest BCUT2D eigenvalue weighted by molar-refractivity contribution is 5.57. The van der Waals surface area contributed by atoms with Crippen molar-refractivity contribution in [2.24, 2.45) is 0 Å². The van der Waals surface area contributed by atoms with Crippen molar-refractivity contribution in [3.05, 3.63) is 45.9 Å². The number of aromatic nitrogens is 2. The van der Waals surface area contributed by atoms with E-state index in [9.17, 15) is 4.79 Å². The standard InChI is InChI=1S/C14H15N3O2/c1-2-19-10-5-3-4-9(6-10)13-16-12-8-15-7-11(12)14(18)17-13/h3-6,15H,2,7-8H2,1H3,(H,16,17,18). The Hall–Kier alpha value is -2.14. The van der Waals surface area contributed by atoms with E-state index in [0.29, 0.717) is 25.5 Å². The lowest BCUT2D eigenvalue weighted by Crippen LogP contribution is -2.15. The first-order valence-corrected chi connectivity index (χ1v) is 6.34. The van der Waals surface area contributed by atoms with Crippen molar-refractivity contribution in [3.8, 4) is 17.1 Å². The zero-order valence-corrected chi connectivity index (χ0v) is 10.7. The number of H-pyrrole nitrogens is 1. The van der Waals surface area contributed by atoms with Crippen LogP contribution in [0.2, 0.25) is 0 Å². The van der Waals surface area contributed by atoms with Gasteiger partial charge in [-0.1, -0.05) is 12.1 Å². The zero-order chi connectivity index (χ0) is 13.2. The van der Waals surface area contributed by atoms with E-state index in [2.05, 4.69) is 15.3 Å². The number of ether oxygens (including phenoxy) is 1. The van der Waals surface area contributed by atoms with Crippen LogP contribution >= 0.6 is 0 Å². The summed E-state index contributed by atoms with van der Waals surface area (Å²) in [6.45, 7) is 3.80. The maximum Gasteiger partial charge on any atom is 0.255 e. The molecule has 0 fully saturated rings. The van der Waals surface area contributed by atoms with E-state index in [1.54, 1.807) is 0 Å². The summed E-state index contributed by atoms with van der Waals surface area (Å²) in [5.41, 5.74) is 2.37. The fourth-order valence-corrected chi connectivity index (χ4v) is 2.22. The molecule has 3 rings (SSSR count). The van der Waals surface area contributed by atoms with Gasteiger partial charge in [0.1, 0.15) is 11.6 Å². The van der Waals surface area contributed by atoms with Crippen molar-refractivity contribution in [1.29, 1.82) is 0 Å². The molecule has 0 atom stereocenters. The van der Waals surface area contributed by atoms with Crippen molar-refractivity contribution < 1.29 is 4.74 Å². The van der Waals surface area contributed by atoms with Gasteiger partial charge >= 0.3 is 0 Å². The second kappa shape index (κ2) is 4.85. The van der Waals surface area contributed by atoms with Crippen molar-refractivity contribution in [1.82, 2.24) is 15.3 Å². The highest BCUT2D eigenvalue weighted by Gasteiger charge is 2.17. The van der Waals surface area contributed by atoms with Gasteiger partial charge in [-0.15, -0.1) is 0 Å². The molecule has 0 spiro atoms. The van der Waals surface area contributed by atoms with Crippen LogP contribution in [0.1, 0.15) is 18.2 Å². The first-order chi connectivity index (χ1) is 9.28. The fraction of sp³-hybridized carbons (Fsp3) is 0.286. The Morgan fingerprint density at radius 2 is 2.26 bits per heavy atom. The minimum atomic E-state index is -0.0631. The molecular formula is C14H15N3O2. The van der Waals surface area contributed by atoms with Crippen LogP contribution in [0.25, 0.3) is 11.4 Å². The Morgan fingerprint density at radius 3 is 3.11 bits per heavy atom. The molecule has 5 heteroatoms. The van der Waals surface area contributed by atoms with E-state index in [1.807, 2.05) is 31.2 Å². The minimum absolute atomic E-state index is 0.0631.